The van der Waals surface area contributed by atoms with Gasteiger partial charge in [0.05, 0.1) is 11.7 Å². The lowest BCUT2D eigenvalue weighted by molar-refractivity contribution is -0.137. The van der Waals surface area contributed by atoms with E-state index in [1.54, 1.807) is 6.07 Å². The Bertz CT molecular complexity index is 592. The number of hydrogen-bond donors (Lipinski definition) is 1. The maximum atomic E-state index is 13.5. The third-order valence-electron chi connectivity index (χ3n) is 2.95. The Balaban J connectivity index is 2.20. The molecule has 1 N–H and O–H groups in total. The Morgan fingerprint density at radius 1 is 1.00 bits per heavy atom. The van der Waals surface area contributed by atoms with Gasteiger partial charge in [0, 0.05) is 12.0 Å². The van der Waals surface area contributed by atoms with Crippen molar-refractivity contribution in [1.29, 1.82) is 0 Å². The van der Waals surface area contributed by atoms with Gasteiger partial charge >= 0.3 is 6.18 Å². The van der Waals surface area contributed by atoms with Crippen LogP contribution in [0.25, 0.3) is 0 Å². The van der Waals surface area contributed by atoms with Crippen molar-refractivity contribution in [3.05, 3.63) is 71.0 Å². The first-order chi connectivity index (χ1) is 9.38. The van der Waals surface area contributed by atoms with Crippen molar-refractivity contribution < 1.29 is 22.7 Å². The summed E-state index contributed by atoms with van der Waals surface area (Å²) in [5, 5.41) is 9.93. The number of halogens is 4. The smallest absolute Gasteiger partial charge is 0.388 e. The summed E-state index contributed by atoms with van der Waals surface area (Å²) >= 11 is 0. The summed E-state index contributed by atoms with van der Waals surface area (Å²) in [5.74, 6) is -0.577. The maximum Gasteiger partial charge on any atom is 0.416 e. The molecule has 0 spiro atoms. The highest BCUT2D eigenvalue weighted by atomic mass is 19.4. The molecule has 0 aliphatic rings. The van der Waals surface area contributed by atoms with Gasteiger partial charge in [-0.25, -0.2) is 4.39 Å². The summed E-state index contributed by atoms with van der Waals surface area (Å²) < 4.78 is 51.2. The van der Waals surface area contributed by atoms with E-state index in [1.807, 2.05) is 0 Å². The highest BCUT2D eigenvalue weighted by Crippen LogP contribution is 2.30. The van der Waals surface area contributed by atoms with Crippen molar-refractivity contribution in [2.45, 2.75) is 18.7 Å². The minimum absolute atomic E-state index is 0.0740. The fraction of sp³-hybridized carbons (Fsp3) is 0.200. The molecule has 0 amide bonds. The van der Waals surface area contributed by atoms with Crippen molar-refractivity contribution in [1.82, 2.24) is 0 Å². The average molecular weight is 284 g/mol. The van der Waals surface area contributed by atoms with Gasteiger partial charge in [-0.1, -0.05) is 36.4 Å². The summed E-state index contributed by atoms with van der Waals surface area (Å²) in [5.41, 5.74) is -0.406. The van der Waals surface area contributed by atoms with Crippen molar-refractivity contribution >= 4 is 0 Å². The monoisotopic (exact) mass is 284 g/mol. The lowest BCUT2D eigenvalue weighted by Gasteiger charge is -2.13. The third-order valence-corrected chi connectivity index (χ3v) is 2.95. The van der Waals surface area contributed by atoms with Gasteiger partial charge in [0.2, 0.25) is 0 Å². The van der Waals surface area contributed by atoms with E-state index < -0.39 is 23.7 Å². The highest BCUT2D eigenvalue weighted by molar-refractivity contribution is 5.28. The van der Waals surface area contributed by atoms with E-state index in [9.17, 15) is 22.7 Å². The number of hydrogen-bond acceptors (Lipinski definition) is 1. The molecule has 0 heterocycles. The maximum absolute atomic E-state index is 13.5. The Morgan fingerprint density at radius 3 is 2.35 bits per heavy atom. The van der Waals surface area contributed by atoms with E-state index in [0.717, 1.165) is 12.1 Å². The lowest BCUT2D eigenvalue weighted by atomic mass is 9.99. The second-order valence-corrected chi connectivity index (χ2v) is 4.44. The summed E-state index contributed by atoms with van der Waals surface area (Å²) in [6.07, 6.45) is -5.69. The van der Waals surface area contributed by atoms with Crippen molar-refractivity contribution in [3.63, 3.8) is 0 Å². The normalized spacial score (nSPS) is 13.2. The zero-order valence-corrected chi connectivity index (χ0v) is 10.4. The van der Waals surface area contributed by atoms with Crippen LogP contribution in [0.2, 0.25) is 0 Å². The van der Waals surface area contributed by atoms with Crippen LogP contribution >= 0.6 is 0 Å². The minimum Gasteiger partial charge on any atom is -0.388 e. The standard InChI is InChI=1S/C15H12F4O/c16-13-7-2-1-6-12(13)14(20)9-10-4-3-5-11(8-10)15(17,18)19/h1-8,14,20H,9H2. The van der Waals surface area contributed by atoms with E-state index in [1.165, 1.54) is 30.3 Å². The quantitative estimate of drug-likeness (QED) is 0.841. The van der Waals surface area contributed by atoms with Crippen LogP contribution in [0.15, 0.2) is 48.5 Å². The molecule has 0 aromatic heterocycles. The summed E-state index contributed by atoms with van der Waals surface area (Å²) in [6, 6.07) is 10.3. The van der Waals surface area contributed by atoms with E-state index >= 15 is 0 Å². The van der Waals surface area contributed by atoms with E-state index in [2.05, 4.69) is 0 Å². The van der Waals surface area contributed by atoms with Gasteiger partial charge in [0.15, 0.2) is 0 Å². The van der Waals surface area contributed by atoms with Crippen LogP contribution in [0.4, 0.5) is 17.6 Å². The Hall–Kier alpha value is -1.88. The molecule has 0 saturated heterocycles. The number of aliphatic hydroxyl groups is 1. The van der Waals surface area contributed by atoms with Crippen molar-refractivity contribution in [3.8, 4) is 0 Å². The molecule has 1 nitrogen and oxygen atoms in total. The molecule has 0 saturated carbocycles. The predicted molar refractivity (Wildman–Crippen MR) is 66.5 cm³/mol. The fourth-order valence-corrected chi connectivity index (χ4v) is 1.95. The highest BCUT2D eigenvalue weighted by Gasteiger charge is 2.30. The molecule has 0 aliphatic heterocycles. The van der Waals surface area contributed by atoms with E-state index in [0.29, 0.717) is 5.56 Å². The number of rotatable bonds is 3. The van der Waals surface area contributed by atoms with Crippen LogP contribution in [0.5, 0.6) is 0 Å². The topological polar surface area (TPSA) is 20.2 Å². The first-order valence-corrected chi connectivity index (χ1v) is 5.96. The van der Waals surface area contributed by atoms with Crippen LogP contribution in [-0.2, 0) is 12.6 Å². The van der Waals surface area contributed by atoms with Gasteiger partial charge in [-0.05, 0) is 17.7 Å². The average Bonchev–Trinajstić information content (AvgIpc) is 2.38. The lowest BCUT2D eigenvalue weighted by Crippen LogP contribution is -2.08. The summed E-state index contributed by atoms with van der Waals surface area (Å²) in [6.45, 7) is 0. The molecule has 106 valence electrons. The van der Waals surface area contributed by atoms with Crippen LogP contribution in [0.3, 0.4) is 0 Å². The van der Waals surface area contributed by atoms with Crippen LogP contribution < -0.4 is 0 Å². The molecule has 2 rings (SSSR count). The summed E-state index contributed by atoms with van der Waals surface area (Å²) in [7, 11) is 0. The minimum atomic E-state index is -4.43. The van der Waals surface area contributed by atoms with Crippen LogP contribution in [0, 0.1) is 5.82 Å². The number of benzene rings is 2. The molecule has 5 heteroatoms. The molecular weight excluding hydrogens is 272 g/mol. The molecule has 1 unspecified atom stereocenters. The van der Waals surface area contributed by atoms with E-state index in [4.69, 9.17) is 0 Å². The van der Waals surface area contributed by atoms with Crippen LogP contribution in [-0.4, -0.2) is 5.11 Å². The molecule has 1 atom stereocenters. The number of aliphatic hydroxyl groups excluding tert-OH is 1. The first-order valence-electron chi connectivity index (χ1n) is 5.96. The van der Waals surface area contributed by atoms with E-state index in [-0.39, 0.29) is 12.0 Å². The SMILES string of the molecule is OC(Cc1cccc(C(F)(F)F)c1)c1ccccc1F. The van der Waals surface area contributed by atoms with Gasteiger partial charge < -0.3 is 5.11 Å². The molecule has 20 heavy (non-hydrogen) atoms. The molecule has 0 fully saturated rings. The molecule has 2 aromatic rings. The molecule has 0 bridgehead atoms. The Morgan fingerprint density at radius 2 is 1.70 bits per heavy atom. The second-order valence-electron chi connectivity index (χ2n) is 4.44. The molecule has 0 radical (unpaired) electrons. The zero-order chi connectivity index (χ0) is 14.8. The van der Waals surface area contributed by atoms with Crippen LogP contribution in [0.1, 0.15) is 22.8 Å². The van der Waals surface area contributed by atoms with Gasteiger partial charge in [-0.2, -0.15) is 13.2 Å². The second kappa shape index (κ2) is 5.63. The van der Waals surface area contributed by atoms with Gasteiger partial charge in [0.1, 0.15) is 5.82 Å². The van der Waals surface area contributed by atoms with Gasteiger partial charge in [0.25, 0.3) is 0 Å². The van der Waals surface area contributed by atoms with Gasteiger partial charge in [-0.3, -0.25) is 0 Å². The summed E-state index contributed by atoms with van der Waals surface area (Å²) in [4.78, 5) is 0. The fourth-order valence-electron chi connectivity index (χ4n) is 1.95. The third kappa shape index (κ3) is 3.36. The Labute approximate surface area is 113 Å². The number of alkyl halides is 3. The molecular formula is C15H12F4O. The predicted octanol–water partition coefficient (Wildman–Crippen LogP) is 4.12. The zero-order valence-electron chi connectivity index (χ0n) is 10.4. The van der Waals surface area contributed by atoms with Gasteiger partial charge in [-0.15, -0.1) is 0 Å². The van der Waals surface area contributed by atoms with Crippen molar-refractivity contribution in [2.75, 3.05) is 0 Å². The first kappa shape index (κ1) is 14.5. The Kier molecular flexibility index (Phi) is 4.09. The van der Waals surface area contributed by atoms with Crippen molar-refractivity contribution in [2.24, 2.45) is 0 Å². The molecule has 2 aromatic carbocycles. The molecule has 0 aliphatic carbocycles. The largest absolute Gasteiger partial charge is 0.416 e.